The van der Waals surface area contributed by atoms with Crippen LogP contribution in [-0.4, -0.2) is 53.4 Å². The van der Waals surface area contributed by atoms with E-state index in [1.807, 2.05) is 0 Å². The van der Waals surface area contributed by atoms with E-state index in [2.05, 4.69) is 0 Å². The molecule has 2 aliphatic rings. The minimum atomic E-state index is -3.06. The maximum atomic E-state index is 14.1. The van der Waals surface area contributed by atoms with Crippen molar-refractivity contribution in [3.63, 3.8) is 0 Å². The van der Waals surface area contributed by atoms with E-state index < -0.39 is 31.0 Å². The topological polar surface area (TPSA) is 49.9 Å². The van der Waals surface area contributed by atoms with E-state index in [0.29, 0.717) is 18.0 Å². The Morgan fingerprint density at radius 1 is 1.24 bits per heavy atom. The molecule has 136 valence electrons. The summed E-state index contributed by atoms with van der Waals surface area (Å²) in [6.07, 6.45) is 0.668. The van der Waals surface area contributed by atoms with Gasteiger partial charge in [-0.2, -0.15) is 0 Å². The van der Waals surface area contributed by atoms with Gasteiger partial charge in [0.25, 0.3) is 5.92 Å². The number of amides is 2. The van der Waals surface area contributed by atoms with Crippen LogP contribution in [0.5, 0.6) is 5.75 Å². The number of halogens is 3. The molecule has 0 spiro atoms. The average molecular weight is 373 g/mol. The Labute approximate surface area is 149 Å². The third-order valence-corrected chi connectivity index (χ3v) is 4.72. The predicted octanol–water partition coefficient (Wildman–Crippen LogP) is 3.56. The molecular weight excluding hydrogens is 354 g/mol. The number of benzene rings is 1. The zero-order valence-corrected chi connectivity index (χ0v) is 14.3. The molecule has 1 aromatic carbocycles. The van der Waals surface area contributed by atoms with Crippen molar-refractivity contribution in [1.82, 2.24) is 9.80 Å². The van der Waals surface area contributed by atoms with Crippen molar-refractivity contribution in [3.8, 4) is 5.75 Å². The smallest absolute Gasteiger partial charge is 0.410 e. The van der Waals surface area contributed by atoms with Crippen LogP contribution < -0.4 is 4.74 Å². The molecule has 0 unspecified atom stereocenters. The van der Waals surface area contributed by atoms with E-state index in [1.54, 1.807) is 12.1 Å². The Bertz CT molecular complexity index is 654. The number of nitrogens with zero attached hydrogens (tertiary/aromatic N) is 2. The van der Waals surface area contributed by atoms with Gasteiger partial charge in [-0.3, -0.25) is 9.69 Å². The van der Waals surface area contributed by atoms with Crippen molar-refractivity contribution in [3.05, 3.63) is 29.3 Å². The fraction of sp³-hybridized carbons (Fsp3) is 0.529. The monoisotopic (exact) mass is 372 g/mol. The second-order valence-electron chi connectivity index (χ2n) is 6.46. The summed E-state index contributed by atoms with van der Waals surface area (Å²) in [5, 5.41) is 0.480. The summed E-state index contributed by atoms with van der Waals surface area (Å²) in [4.78, 5) is 26.8. The maximum Gasteiger partial charge on any atom is 0.415 e. The Kier molecular flexibility index (Phi) is 5.13. The van der Waals surface area contributed by atoms with Crippen molar-refractivity contribution in [1.29, 1.82) is 0 Å². The quantitative estimate of drug-likeness (QED) is 0.797. The molecule has 2 amide bonds. The van der Waals surface area contributed by atoms with Crippen LogP contribution in [0.2, 0.25) is 5.02 Å². The highest BCUT2D eigenvalue weighted by Gasteiger charge is 2.45. The highest BCUT2D eigenvalue weighted by molar-refractivity contribution is 6.30. The number of carbonyl (C=O) groups is 2. The lowest BCUT2D eigenvalue weighted by atomic mass is 9.98. The van der Waals surface area contributed by atoms with E-state index in [1.165, 1.54) is 17.0 Å². The van der Waals surface area contributed by atoms with Gasteiger partial charge in [0, 0.05) is 31.0 Å². The lowest BCUT2D eigenvalue weighted by molar-refractivity contribution is -0.142. The number of alkyl halides is 2. The van der Waals surface area contributed by atoms with Gasteiger partial charge in [0.1, 0.15) is 5.75 Å². The first-order chi connectivity index (χ1) is 11.8. The Morgan fingerprint density at radius 2 is 1.96 bits per heavy atom. The molecule has 3 rings (SSSR count). The van der Waals surface area contributed by atoms with E-state index in [0.717, 1.165) is 17.7 Å². The van der Waals surface area contributed by atoms with Crippen molar-refractivity contribution < 1.29 is 23.1 Å². The zero-order chi connectivity index (χ0) is 18.0. The van der Waals surface area contributed by atoms with Gasteiger partial charge in [-0.15, -0.1) is 0 Å². The van der Waals surface area contributed by atoms with Gasteiger partial charge >= 0.3 is 6.09 Å². The predicted molar refractivity (Wildman–Crippen MR) is 88.0 cm³/mol. The van der Waals surface area contributed by atoms with Gasteiger partial charge in [-0.25, -0.2) is 13.6 Å². The van der Waals surface area contributed by atoms with Gasteiger partial charge in [0.05, 0.1) is 12.6 Å². The number of likely N-dealkylation sites (tertiary alicyclic amines) is 2. The summed E-state index contributed by atoms with van der Waals surface area (Å²) in [7, 11) is 0. The van der Waals surface area contributed by atoms with Crippen molar-refractivity contribution in [2.45, 2.75) is 37.6 Å². The summed E-state index contributed by atoms with van der Waals surface area (Å²) in [5.74, 6) is -2.95. The SMILES string of the molecule is O=C(Oc1ccc(Cl)cc1)N1C[C@H](N2CCCCC2=O)CC(F)(F)C1. The van der Waals surface area contributed by atoms with Crippen LogP contribution in [-0.2, 0) is 4.79 Å². The van der Waals surface area contributed by atoms with E-state index in [4.69, 9.17) is 16.3 Å². The second-order valence-corrected chi connectivity index (χ2v) is 6.90. The summed E-state index contributed by atoms with van der Waals surface area (Å²) in [5.41, 5.74) is 0. The number of rotatable bonds is 2. The number of ether oxygens (including phenoxy) is 1. The third kappa shape index (κ3) is 4.39. The first-order valence-corrected chi connectivity index (χ1v) is 8.61. The minimum Gasteiger partial charge on any atom is -0.410 e. The van der Waals surface area contributed by atoms with Crippen LogP contribution in [0.1, 0.15) is 25.7 Å². The van der Waals surface area contributed by atoms with Crippen LogP contribution >= 0.6 is 11.6 Å². The Balaban J connectivity index is 1.70. The van der Waals surface area contributed by atoms with Gasteiger partial charge in [-0.05, 0) is 37.1 Å². The average Bonchev–Trinajstić information content (AvgIpc) is 2.56. The van der Waals surface area contributed by atoms with Crippen LogP contribution in [0.3, 0.4) is 0 Å². The highest BCUT2D eigenvalue weighted by atomic mass is 35.5. The van der Waals surface area contributed by atoms with Gasteiger partial charge in [0.15, 0.2) is 0 Å². The number of hydrogen-bond donors (Lipinski definition) is 0. The van der Waals surface area contributed by atoms with Crippen molar-refractivity contribution in [2.24, 2.45) is 0 Å². The van der Waals surface area contributed by atoms with Crippen LogP contribution in [0.15, 0.2) is 24.3 Å². The molecule has 25 heavy (non-hydrogen) atoms. The molecule has 2 saturated heterocycles. The van der Waals surface area contributed by atoms with Crippen LogP contribution in [0.4, 0.5) is 13.6 Å². The largest absolute Gasteiger partial charge is 0.415 e. The summed E-state index contributed by atoms with van der Waals surface area (Å²) in [6.45, 7) is -0.203. The summed E-state index contributed by atoms with van der Waals surface area (Å²) in [6, 6.07) is 5.39. The molecule has 2 fully saturated rings. The number of carbonyl (C=O) groups excluding carboxylic acids is 2. The highest BCUT2D eigenvalue weighted by Crippen LogP contribution is 2.31. The minimum absolute atomic E-state index is 0.0494. The molecule has 0 aromatic heterocycles. The standard InChI is InChI=1S/C17H19ClF2N2O3/c18-12-4-6-14(7-5-12)25-16(24)21-10-13(9-17(19,20)11-21)22-8-2-1-3-15(22)23/h4-7,13H,1-3,8-11H2/t13-/m1/s1. The Morgan fingerprint density at radius 3 is 2.64 bits per heavy atom. The van der Waals surface area contributed by atoms with Gasteiger partial charge < -0.3 is 9.64 Å². The molecule has 0 radical (unpaired) electrons. The zero-order valence-electron chi connectivity index (χ0n) is 13.6. The lowest BCUT2D eigenvalue weighted by Gasteiger charge is -2.43. The molecule has 8 heteroatoms. The van der Waals surface area contributed by atoms with Crippen LogP contribution in [0.25, 0.3) is 0 Å². The molecule has 2 aliphatic heterocycles. The number of hydrogen-bond acceptors (Lipinski definition) is 3. The second kappa shape index (κ2) is 7.15. The normalized spacial score (nSPS) is 23.5. The Hall–Kier alpha value is -1.89. The number of piperidine rings is 2. The lowest BCUT2D eigenvalue weighted by Crippen LogP contribution is -2.59. The fourth-order valence-corrected chi connectivity index (χ4v) is 3.43. The molecule has 2 heterocycles. The molecule has 0 bridgehead atoms. The first kappa shape index (κ1) is 17.9. The molecular formula is C17H19ClF2N2O3. The van der Waals surface area contributed by atoms with E-state index in [-0.39, 0.29) is 18.2 Å². The summed E-state index contributed by atoms with van der Waals surface area (Å²) >= 11 is 5.77. The molecule has 1 atom stereocenters. The molecule has 0 saturated carbocycles. The molecule has 5 nitrogen and oxygen atoms in total. The third-order valence-electron chi connectivity index (χ3n) is 4.47. The van der Waals surface area contributed by atoms with Crippen LogP contribution in [0, 0.1) is 0 Å². The van der Waals surface area contributed by atoms with Gasteiger partial charge in [0.2, 0.25) is 5.91 Å². The van der Waals surface area contributed by atoms with Gasteiger partial charge in [-0.1, -0.05) is 11.6 Å². The van der Waals surface area contributed by atoms with E-state index >= 15 is 0 Å². The maximum absolute atomic E-state index is 14.1. The van der Waals surface area contributed by atoms with Crippen molar-refractivity contribution in [2.75, 3.05) is 19.6 Å². The first-order valence-electron chi connectivity index (χ1n) is 8.24. The molecule has 0 aliphatic carbocycles. The van der Waals surface area contributed by atoms with E-state index in [9.17, 15) is 18.4 Å². The summed E-state index contributed by atoms with van der Waals surface area (Å²) < 4.78 is 33.4. The van der Waals surface area contributed by atoms with Crippen molar-refractivity contribution >= 4 is 23.6 Å². The fourth-order valence-electron chi connectivity index (χ4n) is 3.30. The molecule has 1 aromatic rings. The molecule has 0 N–H and O–H groups in total.